The van der Waals surface area contributed by atoms with Crippen LogP contribution in [0.25, 0.3) is 0 Å². The van der Waals surface area contributed by atoms with E-state index in [9.17, 15) is 14.3 Å². The van der Waals surface area contributed by atoms with Gasteiger partial charge in [-0.3, -0.25) is 0 Å². The molecule has 0 spiro atoms. The summed E-state index contributed by atoms with van der Waals surface area (Å²) < 4.78 is 13.3. The summed E-state index contributed by atoms with van der Waals surface area (Å²) in [6, 6.07) is 12.9. The maximum absolute atomic E-state index is 13.3. The van der Waals surface area contributed by atoms with Crippen LogP contribution < -0.4 is 23.8 Å². The fourth-order valence-corrected chi connectivity index (χ4v) is 2.20. The summed E-state index contributed by atoms with van der Waals surface area (Å²) in [5, 5.41) is 9.24. The van der Waals surface area contributed by atoms with Crippen molar-refractivity contribution in [3.05, 3.63) is 64.9 Å². The minimum absolute atomic E-state index is 0. The maximum Gasteiger partial charge on any atom is 1.00 e. The monoisotopic (exact) mass is 315 g/mol. The summed E-state index contributed by atoms with van der Waals surface area (Å²) in [5.74, 6) is -1.48. The molecule has 0 saturated carbocycles. The number of carboxylic acids is 1. The number of carbonyl (C=O) groups is 1. The predicted molar refractivity (Wildman–Crippen MR) is 82.2 cm³/mol. The van der Waals surface area contributed by atoms with Crippen molar-refractivity contribution in [3.8, 4) is 0 Å². The van der Waals surface area contributed by atoms with Gasteiger partial charge in [0.2, 0.25) is 0 Å². The van der Waals surface area contributed by atoms with E-state index in [1.54, 1.807) is 11.8 Å². The molecule has 2 rings (SSSR count). The molecule has 3 nitrogen and oxygen atoms in total. The summed E-state index contributed by atoms with van der Waals surface area (Å²) in [6.07, 6.45) is 0. The Hall–Kier alpha value is -1.47. The molecule has 0 aliphatic carbocycles. The molecule has 0 unspecified atom stereocenters. The van der Waals surface area contributed by atoms with Gasteiger partial charge in [0.25, 0.3) is 0 Å². The van der Waals surface area contributed by atoms with E-state index < -0.39 is 17.8 Å². The number of halogens is 2. The third-order valence-corrected chi connectivity index (χ3v) is 3.55. The van der Waals surface area contributed by atoms with Gasteiger partial charge in [0.05, 0.1) is 5.02 Å². The van der Waals surface area contributed by atoms with Crippen molar-refractivity contribution in [1.29, 1.82) is 0 Å². The number of rotatable bonds is 5. The Morgan fingerprint density at radius 3 is 2.50 bits per heavy atom. The zero-order valence-electron chi connectivity index (χ0n) is 13.5. The molecule has 2 aromatic rings. The van der Waals surface area contributed by atoms with E-state index in [2.05, 4.69) is 0 Å². The zero-order chi connectivity index (χ0) is 15.4. The SMILES string of the molecule is C[C@@H](C(=O)O)N(Cc1ccccc1)c1ccc(F)c(Cl)c1.[H-].[Li+]. The Bertz CT molecular complexity index is 645. The summed E-state index contributed by atoms with van der Waals surface area (Å²) in [7, 11) is 0. The second kappa shape index (κ2) is 8.24. The van der Waals surface area contributed by atoms with Crippen LogP contribution in [-0.4, -0.2) is 17.1 Å². The third kappa shape index (κ3) is 4.51. The molecular formula is C16H16ClFLiNO2. The van der Waals surface area contributed by atoms with E-state index in [-0.39, 0.29) is 25.3 Å². The Balaban J connectivity index is 0.00000242. The van der Waals surface area contributed by atoms with Crippen molar-refractivity contribution in [2.75, 3.05) is 4.90 Å². The summed E-state index contributed by atoms with van der Waals surface area (Å²) >= 11 is 5.80. The largest absolute Gasteiger partial charge is 1.00 e. The fourth-order valence-electron chi connectivity index (χ4n) is 2.03. The van der Waals surface area contributed by atoms with Crippen LogP contribution in [-0.2, 0) is 11.3 Å². The van der Waals surface area contributed by atoms with Gasteiger partial charge in [0.15, 0.2) is 0 Å². The summed E-state index contributed by atoms with van der Waals surface area (Å²) in [4.78, 5) is 13.0. The van der Waals surface area contributed by atoms with Gasteiger partial charge >= 0.3 is 24.8 Å². The van der Waals surface area contributed by atoms with Crippen LogP contribution in [0.1, 0.15) is 13.9 Å². The van der Waals surface area contributed by atoms with Crippen molar-refractivity contribution in [2.24, 2.45) is 0 Å². The van der Waals surface area contributed by atoms with Crippen LogP contribution in [0, 0.1) is 5.82 Å². The van der Waals surface area contributed by atoms with Crippen LogP contribution in [0.15, 0.2) is 48.5 Å². The van der Waals surface area contributed by atoms with Gasteiger partial charge in [-0.15, -0.1) is 0 Å². The minimum Gasteiger partial charge on any atom is -1.00 e. The van der Waals surface area contributed by atoms with E-state index in [1.165, 1.54) is 18.2 Å². The Labute approximate surface area is 147 Å². The molecule has 6 heteroatoms. The van der Waals surface area contributed by atoms with Gasteiger partial charge in [-0.2, -0.15) is 0 Å². The first-order valence-corrected chi connectivity index (χ1v) is 6.85. The Kier molecular flexibility index (Phi) is 6.95. The average molecular weight is 316 g/mol. The number of carboxylic acid groups (broad SMARTS) is 1. The van der Waals surface area contributed by atoms with Crippen LogP contribution in [0.4, 0.5) is 10.1 Å². The molecule has 0 radical (unpaired) electrons. The van der Waals surface area contributed by atoms with Crippen LogP contribution in [0.5, 0.6) is 0 Å². The minimum atomic E-state index is -0.952. The van der Waals surface area contributed by atoms with Gasteiger partial charge in [0.1, 0.15) is 11.9 Å². The van der Waals surface area contributed by atoms with Crippen molar-refractivity contribution < 1.29 is 34.6 Å². The Morgan fingerprint density at radius 1 is 1.32 bits per heavy atom. The molecular weight excluding hydrogens is 300 g/mol. The average Bonchev–Trinajstić information content (AvgIpc) is 2.48. The number of aliphatic carboxylic acids is 1. The second-order valence-electron chi connectivity index (χ2n) is 4.73. The first-order chi connectivity index (χ1) is 9.99. The topological polar surface area (TPSA) is 40.5 Å². The second-order valence-corrected chi connectivity index (χ2v) is 5.13. The quantitative estimate of drug-likeness (QED) is 0.839. The van der Waals surface area contributed by atoms with E-state index in [4.69, 9.17) is 11.6 Å². The molecule has 0 saturated heterocycles. The molecule has 1 N–H and O–H groups in total. The predicted octanol–water partition coefficient (Wildman–Crippen LogP) is 1.08. The molecule has 0 amide bonds. The number of benzene rings is 2. The molecule has 0 aliphatic rings. The summed E-state index contributed by atoms with van der Waals surface area (Å²) in [5.41, 5.74) is 1.53. The standard InChI is InChI=1S/C16H15ClFNO2.Li.H/c1-11(16(20)21)19(10-12-5-3-2-4-6-12)13-7-8-15(18)14(17)9-13;;/h2-9,11H,10H2,1H3,(H,20,21);;/q;+1;-1/t11-;;/m0../s1. The van der Waals surface area contributed by atoms with E-state index in [0.717, 1.165) is 5.56 Å². The van der Waals surface area contributed by atoms with Gasteiger partial charge in [-0.25, -0.2) is 9.18 Å². The molecule has 0 heterocycles. The van der Waals surface area contributed by atoms with Gasteiger partial charge < -0.3 is 11.4 Å². The number of hydrogen-bond donors (Lipinski definition) is 1. The van der Waals surface area contributed by atoms with Gasteiger partial charge in [0, 0.05) is 12.2 Å². The summed E-state index contributed by atoms with van der Waals surface area (Å²) in [6.45, 7) is 1.98. The van der Waals surface area contributed by atoms with Gasteiger partial charge in [-0.1, -0.05) is 41.9 Å². The molecule has 0 aromatic heterocycles. The van der Waals surface area contributed by atoms with Crippen molar-refractivity contribution >= 4 is 23.3 Å². The molecule has 1 atom stereocenters. The number of anilines is 1. The first-order valence-electron chi connectivity index (χ1n) is 6.47. The molecule has 0 bridgehead atoms. The first kappa shape index (κ1) is 18.6. The molecule has 112 valence electrons. The van der Waals surface area contributed by atoms with Crippen molar-refractivity contribution in [1.82, 2.24) is 0 Å². The van der Waals surface area contributed by atoms with Crippen LogP contribution in [0.2, 0.25) is 5.02 Å². The van der Waals surface area contributed by atoms with E-state index in [0.29, 0.717) is 12.2 Å². The maximum atomic E-state index is 13.3. The molecule has 22 heavy (non-hydrogen) atoms. The van der Waals surface area contributed by atoms with Crippen molar-refractivity contribution in [2.45, 2.75) is 19.5 Å². The van der Waals surface area contributed by atoms with Crippen LogP contribution in [0.3, 0.4) is 0 Å². The third-order valence-electron chi connectivity index (χ3n) is 3.26. The van der Waals surface area contributed by atoms with Crippen LogP contribution >= 0.6 is 11.6 Å². The Morgan fingerprint density at radius 2 is 1.95 bits per heavy atom. The molecule has 2 aromatic carbocycles. The van der Waals surface area contributed by atoms with Crippen molar-refractivity contribution in [3.63, 3.8) is 0 Å². The van der Waals surface area contributed by atoms with Gasteiger partial charge in [-0.05, 0) is 30.7 Å². The zero-order valence-corrected chi connectivity index (χ0v) is 13.2. The fraction of sp³-hybridized carbons (Fsp3) is 0.188. The number of hydrogen-bond acceptors (Lipinski definition) is 2. The van der Waals surface area contributed by atoms with E-state index in [1.807, 2.05) is 30.3 Å². The number of nitrogens with zero attached hydrogens (tertiary/aromatic N) is 1. The molecule has 0 aliphatic heterocycles. The normalized spacial score (nSPS) is 11.4. The smallest absolute Gasteiger partial charge is 1.00 e. The van der Waals surface area contributed by atoms with E-state index >= 15 is 0 Å². The molecule has 0 fully saturated rings.